The maximum Gasteiger partial charge on any atom is 0.163 e. The van der Waals surface area contributed by atoms with Crippen LogP contribution in [-0.2, 0) is 18.9 Å². The van der Waals surface area contributed by atoms with Crippen LogP contribution in [0.4, 0.5) is 0 Å². The SMILES string of the molecule is CC1(C)OCC(C2OC(C)(C)OC2CC2SCCCS2)O1. The van der Waals surface area contributed by atoms with E-state index >= 15 is 0 Å². The van der Waals surface area contributed by atoms with E-state index in [4.69, 9.17) is 18.9 Å². The Bertz CT molecular complexity index is 369. The van der Waals surface area contributed by atoms with Crippen molar-refractivity contribution >= 4 is 23.5 Å². The van der Waals surface area contributed by atoms with Crippen LogP contribution in [0.15, 0.2) is 0 Å². The van der Waals surface area contributed by atoms with Gasteiger partial charge >= 0.3 is 0 Å². The Morgan fingerprint density at radius 3 is 2.29 bits per heavy atom. The molecular formula is C15H26O4S2. The van der Waals surface area contributed by atoms with Crippen molar-refractivity contribution in [3.8, 4) is 0 Å². The van der Waals surface area contributed by atoms with Crippen molar-refractivity contribution in [1.82, 2.24) is 0 Å². The third-order valence-electron chi connectivity index (χ3n) is 3.94. The van der Waals surface area contributed by atoms with E-state index in [1.54, 1.807) is 0 Å². The Labute approximate surface area is 136 Å². The molecule has 0 bridgehead atoms. The van der Waals surface area contributed by atoms with E-state index in [9.17, 15) is 0 Å². The summed E-state index contributed by atoms with van der Waals surface area (Å²) in [6.45, 7) is 8.47. The minimum atomic E-state index is -0.532. The maximum absolute atomic E-state index is 6.16. The van der Waals surface area contributed by atoms with Crippen LogP contribution in [0.5, 0.6) is 0 Å². The largest absolute Gasteiger partial charge is 0.348 e. The van der Waals surface area contributed by atoms with E-state index < -0.39 is 11.6 Å². The van der Waals surface area contributed by atoms with Crippen molar-refractivity contribution in [2.45, 2.75) is 75.0 Å². The quantitative estimate of drug-likeness (QED) is 0.789. The molecule has 4 nitrogen and oxygen atoms in total. The van der Waals surface area contributed by atoms with Gasteiger partial charge < -0.3 is 18.9 Å². The van der Waals surface area contributed by atoms with Gasteiger partial charge in [0.05, 0.1) is 17.3 Å². The Morgan fingerprint density at radius 2 is 1.67 bits per heavy atom. The minimum absolute atomic E-state index is 0.0367. The van der Waals surface area contributed by atoms with Crippen LogP contribution in [0.1, 0.15) is 40.5 Å². The van der Waals surface area contributed by atoms with Gasteiger partial charge in [0.1, 0.15) is 12.2 Å². The highest BCUT2D eigenvalue weighted by molar-refractivity contribution is 8.17. The normalized spacial score (nSPS) is 39.7. The molecule has 0 aromatic rings. The van der Waals surface area contributed by atoms with E-state index in [1.807, 2.05) is 51.2 Å². The molecular weight excluding hydrogens is 308 g/mol. The summed E-state index contributed by atoms with van der Waals surface area (Å²) in [6.07, 6.45) is 2.35. The van der Waals surface area contributed by atoms with Crippen LogP contribution < -0.4 is 0 Å². The molecule has 3 heterocycles. The third kappa shape index (κ3) is 4.09. The molecule has 3 atom stereocenters. The molecule has 3 aliphatic heterocycles. The smallest absolute Gasteiger partial charge is 0.163 e. The van der Waals surface area contributed by atoms with Gasteiger partial charge in [-0.05, 0) is 52.0 Å². The fraction of sp³-hybridized carbons (Fsp3) is 1.00. The zero-order valence-corrected chi connectivity index (χ0v) is 14.9. The lowest BCUT2D eigenvalue weighted by Gasteiger charge is -2.27. The van der Waals surface area contributed by atoms with Crippen molar-refractivity contribution in [1.29, 1.82) is 0 Å². The first-order valence-electron chi connectivity index (χ1n) is 7.75. The standard InChI is InChI=1S/C15H26O4S2/c1-14(2)16-9-11(18-14)13-10(17-15(3,4)19-13)8-12-20-6-5-7-21-12/h10-13H,5-9H2,1-4H3. The van der Waals surface area contributed by atoms with Crippen LogP contribution in [0.2, 0.25) is 0 Å². The van der Waals surface area contributed by atoms with Crippen LogP contribution in [0.25, 0.3) is 0 Å². The van der Waals surface area contributed by atoms with Gasteiger partial charge in [0.15, 0.2) is 11.6 Å². The summed E-state index contributed by atoms with van der Waals surface area (Å²) in [5.41, 5.74) is 0. The second-order valence-electron chi connectivity index (χ2n) is 6.77. The summed E-state index contributed by atoms with van der Waals surface area (Å²) < 4.78 is 24.6. The number of ether oxygens (including phenoxy) is 4. The summed E-state index contributed by atoms with van der Waals surface area (Å²) in [5.74, 6) is 1.47. The first-order chi connectivity index (χ1) is 9.85. The lowest BCUT2D eigenvalue weighted by Crippen LogP contribution is -2.39. The number of rotatable bonds is 3. The lowest BCUT2D eigenvalue weighted by molar-refractivity contribution is -0.174. The second-order valence-corrected chi connectivity index (χ2v) is 9.69. The van der Waals surface area contributed by atoms with Gasteiger partial charge in [-0.3, -0.25) is 0 Å². The van der Waals surface area contributed by atoms with E-state index in [0.29, 0.717) is 11.2 Å². The van der Waals surface area contributed by atoms with E-state index in [-0.39, 0.29) is 18.3 Å². The average Bonchev–Trinajstić information content (AvgIpc) is 2.90. The second kappa shape index (κ2) is 6.21. The maximum atomic E-state index is 6.16. The first kappa shape index (κ1) is 16.4. The van der Waals surface area contributed by atoms with Gasteiger partial charge in [0.2, 0.25) is 0 Å². The van der Waals surface area contributed by atoms with Gasteiger partial charge in [-0.2, -0.15) is 0 Å². The molecule has 0 spiro atoms. The Morgan fingerprint density at radius 1 is 0.952 bits per heavy atom. The summed E-state index contributed by atoms with van der Waals surface area (Å²) in [5, 5.41) is 0. The minimum Gasteiger partial charge on any atom is -0.348 e. The molecule has 0 N–H and O–H groups in total. The topological polar surface area (TPSA) is 36.9 Å². The molecule has 3 saturated heterocycles. The highest BCUT2D eigenvalue weighted by atomic mass is 32.2. The summed E-state index contributed by atoms with van der Waals surface area (Å²) in [6, 6.07) is 0. The van der Waals surface area contributed by atoms with Gasteiger partial charge in [-0.1, -0.05) is 0 Å². The number of hydrogen-bond donors (Lipinski definition) is 0. The van der Waals surface area contributed by atoms with Crippen LogP contribution in [0, 0.1) is 0 Å². The highest BCUT2D eigenvalue weighted by Crippen LogP contribution is 2.41. The third-order valence-corrected chi connectivity index (χ3v) is 6.93. The summed E-state index contributed by atoms with van der Waals surface area (Å²) >= 11 is 4.10. The van der Waals surface area contributed by atoms with Gasteiger partial charge in [0.25, 0.3) is 0 Å². The summed E-state index contributed by atoms with van der Waals surface area (Å²) in [4.78, 5) is 0. The fourth-order valence-electron chi connectivity index (χ4n) is 3.10. The predicted molar refractivity (Wildman–Crippen MR) is 86.7 cm³/mol. The number of hydrogen-bond acceptors (Lipinski definition) is 6. The van der Waals surface area contributed by atoms with Crippen molar-refractivity contribution in [2.75, 3.05) is 18.1 Å². The zero-order valence-electron chi connectivity index (χ0n) is 13.3. The molecule has 3 rings (SSSR count). The molecule has 3 unspecified atom stereocenters. The first-order valence-corrected chi connectivity index (χ1v) is 9.85. The van der Waals surface area contributed by atoms with Crippen molar-refractivity contribution in [3.63, 3.8) is 0 Å². The van der Waals surface area contributed by atoms with Crippen molar-refractivity contribution < 1.29 is 18.9 Å². The van der Waals surface area contributed by atoms with Gasteiger partial charge in [-0.15, -0.1) is 23.5 Å². The molecule has 6 heteroatoms. The molecule has 3 aliphatic rings. The average molecular weight is 335 g/mol. The highest BCUT2D eigenvalue weighted by Gasteiger charge is 2.50. The molecule has 0 saturated carbocycles. The number of thioether (sulfide) groups is 2. The molecule has 0 aromatic carbocycles. The van der Waals surface area contributed by atoms with E-state index in [0.717, 1.165) is 6.42 Å². The Hall–Kier alpha value is 0.540. The predicted octanol–water partition coefficient (Wildman–Crippen LogP) is 3.24. The van der Waals surface area contributed by atoms with Crippen molar-refractivity contribution in [2.24, 2.45) is 0 Å². The molecule has 0 aliphatic carbocycles. The molecule has 21 heavy (non-hydrogen) atoms. The lowest BCUT2D eigenvalue weighted by atomic mass is 10.1. The van der Waals surface area contributed by atoms with Crippen molar-refractivity contribution in [3.05, 3.63) is 0 Å². The van der Waals surface area contributed by atoms with E-state index in [2.05, 4.69) is 0 Å². The van der Waals surface area contributed by atoms with Gasteiger partial charge in [0, 0.05) is 0 Å². The molecule has 3 fully saturated rings. The Kier molecular flexibility index (Phi) is 4.85. The van der Waals surface area contributed by atoms with E-state index in [1.165, 1.54) is 17.9 Å². The van der Waals surface area contributed by atoms with Gasteiger partial charge in [-0.25, -0.2) is 0 Å². The van der Waals surface area contributed by atoms with Crippen LogP contribution in [0.3, 0.4) is 0 Å². The van der Waals surface area contributed by atoms with Crippen LogP contribution >= 0.6 is 23.5 Å². The molecule has 0 radical (unpaired) electrons. The van der Waals surface area contributed by atoms with Crippen LogP contribution in [-0.4, -0.2) is 52.6 Å². The molecule has 122 valence electrons. The monoisotopic (exact) mass is 334 g/mol. The Balaban J connectivity index is 1.65. The molecule has 0 aromatic heterocycles. The molecule has 0 amide bonds. The zero-order chi connectivity index (χ0) is 15.1. The fourth-order valence-corrected chi connectivity index (χ4v) is 6.04. The summed E-state index contributed by atoms with van der Waals surface area (Å²) in [7, 11) is 0.